The van der Waals surface area contributed by atoms with Gasteiger partial charge in [-0.2, -0.15) is 0 Å². The molecule has 1 saturated heterocycles. The van der Waals surface area contributed by atoms with Crippen LogP contribution in [0.25, 0.3) is 11.0 Å². The van der Waals surface area contributed by atoms with Gasteiger partial charge in [-0.3, -0.25) is 0 Å². The first-order chi connectivity index (χ1) is 10.00. The maximum atomic E-state index is 11.6. The molecule has 1 unspecified atom stereocenters. The molecular formula is C14H16Cl2N2O2S. The van der Waals surface area contributed by atoms with Gasteiger partial charge in [-0.1, -0.05) is 17.7 Å². The number of aromatic nitrogens is 2. The highest BCUT2D eigenvalue weighted by atomic mass is 35.5. The van der Waals surface area contributed by atoms with E-state index in [0.29, 0.717) is 30.3 Å². The lowest BCUT2D eigenvalue weighted by molar-refractivity contribution is 0.488. The van der Waals surface area contributed by atoms with Gasteiger partial charge in [0.05, 0.1) is 27.6 Å². The summed E-state index contributed by atoms with van der Waals surface area (Å²) in [6.45, 7) is 0.631. The fraction of sp³-hybridized carbons (Fsp3) is 0.500. The van der Waals surface area contributed by atoms with Crippen molar-refractivity contribution in [2.45, 2.75) is 19.4 Å². The summed E-state index contributed by atoms with van der Waals surface area (Å²) in [7, 11) is -2.88. The summed E-state index contributed by atoms with van der Waals surface area (Å²) in [4.78, 5) is 4.59. The lowest BCUT2D eigenvalue weighted by atomic mass is 10.1. The summed E-state index contributed by atoms with van der Waals surface area (Å²) in [6.07, 6.45) is 1.35. The molecular weight excluding hydrogens is 331 g/mol. The third kappa shape index (κ3) is 3.05. The molecule has 1 aliphatic heterocycles. The van der Waals surface area contributed by atoms with Gasteiger partial charge in [0, 0.05) is 18.8 Å². The standard InChI is InChI=1S/C14H16Cl2N2O2S/c15-6-4-13-17-12-3-1-2-11(16)14(12)18(13)8-10-5-7-21(19,20)9-10/h1-3,10H,4-9H2. The summed E-state index contributed by atoms with van der Waals surface area (Å²) in [6, 6.07) is 5.62. The molecule has 4 nitrogen and oxygen atoms in total. The minimum Gasteiger partial charge on any atom is -0.326 e. The summed E-state index contributed by atoms with van der Waals surface area (Å²) >= 11 is 12.2. The number of hydrogen-bond acceptors (Lipinski definition) is 3. The van der Waals surface area contributed by atoms with Crippen LogP contribution in [0.1, 0.15) is 12.2 Å². The van der Waals surface area contributed by atoms with Crippen molar-refractivity contribution in [3.05, 3.63) is 29.0 Å². The molecule has 21 heavy (non-hydrogen) atoms. The van der Waals surface area contributed by atoms with Crippen LogP contribution in [0.3, 0.4) is 0 Å². The molecule has 1 atom stereocenters. The molecule has 1 fully saturated rings. The van der Waals surface area contributed by atoms with Crippen LogP contribution in [0, 0.1) is 5.92 Å². The van der Waals surface area contributed by atoms with Crippen molar-refractivity contribution < 1.29 is 8.42 Å². The molecule has 1 aliphatic rings. The third-order valence-electron chi connectivity index (χ3n) is 3.88. The number of sulfone groups is 1. The fourth-order valence-corrected chi connectivity index (χ4v) is 5.23. The van der Waals surface area contributed by atoms with Crippen molar-refractivity contribution in [2.24, 2.45) is 5.92 Å². The molecule has 0 amide bonds. The van der Waals surface area contributed by atoms with E-state index in [1.54, 1.807) is 0 Å². The van der Waals surface area contributed by atoms with Crippen molar-refractivity contribution >= 4 is 44.1 Å². The highest BCUT2D eigenvalue weighted by molar-refractivity contribution is 7.91. The molecule has 114 valence electrons. The number of alkyl halides is 1. The Balaban J connectivity index is 2.01. The zero-order valence-corrected chi connectivity index (χ0v) is 13.8. The number of hydrogen-bond donors (Lipinski definition) is 0. The van der Waals surface area contributed by atoms with Gasteiger partial charge in [-0.25, -0.2) is 13.4 Å². The first kappa shape index (κ1) is 15.1. The van der Waals surface area contributed by atoms with Crippen molar-refractivity contribution in [1.29, 1.82) is 0 Å². The summed E-state index contributed by atoms with van der Waals surface area (Å²) < 4.78 is 25.3. The Morgan fingerprint density at radius 3 is 2.86 bits per heavy atom. The maximum absolute atomic E-state index is 11.6. The average Bonchev–Trinajstić information content (AvgIpc) is 2.93. The summed E-state index contributed by atoms with van der Waals surface area (Å²) in [5, 5.41) is 0.640. The van der Waals surface area contributed by atoms with E-state index in [2.05, 4.69) is 4.98 Å². The predicted molar refractivity (Wildman–Crippen MR) is 85.9 cm³/mol. The number of halogens is 2. The molecule has 1 aromatic carbocycles. The Morgan fingerprint density at radius 1 is 1.38 bits per heavy atom. The second-order valence-electron chi connectivity index (χ2n) is 5.45. The quantitative estimate of drug-likeness (QED) is 0.799. The molecule has 7 heteroatoms. The molecule has 0 N–H and O–H groups in total. The predicted octanol–water partition coefficient (Wildman–Crippen LogP) is 2.91. The smallest absolute Gasteiger partial charge is 0.150 e. The van der Waals surface area contributed by atoms with Crippen LogP contribution < -0.4 is 0 Å². The summed E-state index contributed by atoms with van der Waals surface area (Å²) in [5.41, 5.74) is 1.71. The van der Waals surface area contributed by atoms with E-state index in [4.69, 9.17) is 23.2 Å². The van der Waals surface area contributed by atoms with E-state index in [0.717, 1.165) is 16.9 Å². The molecule has 0 aliphatic carbocycles. The van der Waals surface area contributed by atoms with Crippen LogP contribution in [0.2, 0.25) is 5.02 Å². The van der Waals surface area contributed by atoms with Gasteiger partial charge in [-0.15, -0.1) is 11.6 Å². The normalized spacial score (nSPS) is 21.1. The molecule has 3 rings (SSSR count). The van der Waals surface area contributed by atoms with E-state index in [9.17, 15) is 8.42 Å². The monoisotopic (exact) mass is 346 g/mol. The van der Waals surface area contributed by atoms with Crippen molar-refractivity contribution in [3.63, 3.8) is 0 Å². The second-order valence-corrected chi connectivity index (χ2v) is 8.47. The number of para-hydroxylation sites is 1. The fourth-order valence-electron chi connectivity index (χ4n) is 2.94. The van der Waals surface area contributed by atoms with Crippen LogP contribution in [0.5, 0.6) is 0 Å². The molecule has 1 aromatic heterocycles. The van der Waals surface area contributed by atoms with Crippen molar-refractivity contribution in [3.8, 4) is 0 Å². The maximum Gasteiger partial charge on any atom is 0.150 e. The SMILES string of the molecule is O=S1(=O)CCC(Cn2c(CCCl)nc3cccc(Cl)c32)C1. The zero-order valence-electron chi connectivity index (χ0n) is 11.4. The van der Waals surface area contributed by atoms with E-state index in [-0.39, 0.29) is 17.4 Å². The Morgan fingerprint density at radius 2 is 2.19 bits per heavy atom. The van der Waals surface area contributed by atoms with Gasteiger partial charge in [-0.05, 0) is 24.5 Å². The van der Waals surface area contributed by atoms with Crippen LogP contribution in [-0.2, 0) is 22.8 Å². The topological polar surface area (TPSA) is 52.0 Å². The number of fused-ring (bicyclic) bond motifs is 1. The van der Waals surface area contributed by atoms with Crippen molar-refractivity contribution in [2.75, 3.05) is 17.4 Å². The molecule has 0 bridgehead atoms. The van der Waals surface area contributed by atoms with Gasteiger partial charge < -0.3 is 4.57 Å². The highest BCUT2D eigenvalue weighted by Crippen LogP contribution is 2.28. The van der Waals surface area contributed by atoms with Crippen LogP contribution in [-0.4, -0.2) is 35.4 Å². The first-order valence-electron chi connectivity index (χ1n) is 6.90. The molecule has 0 radical (unpaired) electrons. The first-order valence-corrected chi connectivity index (χ1v) is 9.63. The third-order valence-corrected chi connectivity index (χ3v) is 6.21. The van der Waals surface area contributed by atoms with Gasteiger partial charge in [0.15, 0.2) is 9.84 Å². The van der Waals surface area contributed by atoms with Gasteiger partial charge in [0.1, 0.15) is 5.82 Å². The lowest BCUT2D eigenvalue weighted by Gasteiger charge is -2.13. The number of aryl methyl sites for hydroxylation is 1. The van der Waals surface area contributed by atoms with Gasteiger partial charge in [0.25, 0.3) is 0 Å². The minimum absolute atomic E-state index is 0.123. The van der Waals surface area contributed by atoms with E-state index in [1.165, 1.54) is 0 Å². The van der Waals surface area contributed by atoms with Crippen LogP contribution in [0.4, 0.5) is 0 Å². The molecule has 0 spiro atoms. The minimum atomic E-state index is -2.88. The van der Waals surface area contributed by atoms with Crippen LogP contribution in [0.15, 0.2) is 18.2 Å². The number of imidazole rings is 1. The molecule has 0 saturated carbocycles. The van der Waals surface area contributed by atoms with Gasteiger partial charge >= 0.3 is 0 Å². The largest absolute Gasteiger partial charge is 0.326 e. The highest BCUT2D eigenvalue weighted by Gasteiger charge is 2.29. The van der Waals surface area contributed by atoms with E-state index in [1.807, 2.05) is 22.8 Å². The van der Waals surface area contributed by atoms with E-state index < -0.39 is 9.84 Å². The number of nitrogens with zero attached hydrogens (tertiary/aromatic N) is 2. The number of rotatable bonds is 4. The Kier molecular flexibility index (Phi) is 4.17. The number of benzene rings is 1. The van der Waals surface area contributed by atoms with Crippen LogP contribution >= 0.6 is 23.2 Å². The second kappa shape index (κ2) is 5.78. The van der Waals surface area contributed by atoms with E-state index >= 15 is 0 Å². The Labute approximate surface area is 134 Å². The summed E-state index contributed by atoms with van der Waals surface area (Å²) in [5.74, 6) is 2.00. The van der Waals surface area contributed by atoms with Crippen molar-refractivity contribution in [1.82, 2.24) is 9.55 Å². The Bertz CT molecular complexity index is 771. The lowest BCUT2D eigenvalue weighted by Crippen LogP contribution is -2.15. The zero-order chi connectivity index (χ0) is 15.0. The Hall–Kier alpha value is -0.780. The average molecular weight is 347 g/mol. The van der Waals surface area contributed by atoms with Gasteiger partial charge in [0.2, 0.25) is 0 Å². The molecule has 2 aromatic rings. The molecule has 2 heterocycles.